The van der Waals surface area contributed by atoms with E-state index in [9.17, 15) is 0 Å². The lowest BCUT2D eigenvalue weighted by Gasteiger charge is -2.22. The van der Waals surface area contributed by atoms with E-state index < -0.39 is 0 Å². The Labute approximate surface area is 139 Å². The van der Waals surface area contributed by atoms with E-state index in [4.69, 9.17) is 9.97 Å². The molecular weight excluding hydrogens is 377 g/mol. The van der Waals surface area contributed by atoms with Crippen molar-refractivity contribution in [2.24, 2.45) is 7.05 Å². The van der Waals surface area contributed by atoms with E-state index in [0.717, 1.165) is 38.7 Å². The molecule has 0 unspecified atom stereocenters. The summed E-state index contributed by atoms with van der Waals surface area (Å²) in [6.07, 6.45) is 1.83. The van der Waals surface area contributed by atoms with Crippen molar-refractivity contribution >= 4 is 28.4 Å². The van der Waals surface area contributed by atoms with Crippen molar-refractivity contribution in [2.75, 3.05) is 11.9 Å². The van der Waals surface area contributed by atoms with Crippen molar-refractivity contribution < 1.29 is 0 Å². The molecule has 0 bridgehead atoms. The first-order valence-electron chi connectivity index (χ1n) is 7.06. The zero-order valence-electron chi connectivity index (χ0n) is 13.5. The first kappa shape index (κ1) is 16.2. The Balaban J connectivity index is 2.67. The van der Waals surface area contributed by atoms with Crippen molar-refractivity contribution in [1.29, 1.82) is 0 Å². The van der Waals surface area contributed by atoms with Crippen LogP contribution in [0.1, 0.15) is 39.1 Å². The third-order valence-electron chi connectivity index (χ3n) is 3.38. The Morgan fingerprint density at radius 2 is 1.95 bits per heavy atom. The maximum atomic E-state index is 4.82. The molecule has 0 amide bonds. The van der Waals surface area contributed by atoms with Gasteiger partial charge in [0.05, 0.1) is 21.0 Å². The van der Waals surface area contributed by atoms with Gasteiger partial charge in [-0.05, 0) is 36.4 Å². The van der Waals surface area contributed by atoms with Gasteiger partial charge in [0.1, 0.15) is 5.82 Å². The summed E-state index contributed by atoms with van der Waals surface area (Å²) in [5, 5.41) is 7.64. The Morgan fingerprint density at radius 1 is 1.29 bits per heavy atom. The highest BCUT2D eigenvalue weighted by molar-refractivity contribution is 14.1. The van der Waals surface area contributed by atoms with E-state index >= 15 is 0 Å². The third kappa shape index (κ3) is 3.20. The molecule has 0 saturated carbocycles. The summed E-state index contributed by atoms with van der Waals surface area (Å²) >= 11 is 2.33. The number of nitrogens with one attached hydrogen (secondary N) is 1. The predicted octanol–water partition coefficient (Wildman–Crippen LogP) is 3.52. The Bertz CT molecular complexity index is 655. The van der Waals surface area contributed by atoms with Crippen molar-refractivity contribution in [1.82, 2.24) is 19.7 Å². The molecule has 0 aliphatic rings. The number of nitrogens with zero attached hydrogens (tertiary/aromatic N) is 4. The van der Waals surface area contributed by atoms with Gasteiger partial charge in [-0.25, -0.2) is 9.97 Å². The standard InChI is InChI=1S/C15H22IN5/c1-7-17-14-11(16)12(15(3,4)5)19-13(20-14)10-8-18-21(6)9(10)2/h8H,7H2,1-6H3,(H,17,19,20). The van der Waals surface area contributed by atoms with E-state index in [1.807, 2.05) is 24.9 Å². The lowest BCUT2D eigenvalue weighted by atomic mass is 9.91. The molecule has 0 fully saturated rings. The monoisotopic (exact) mass is 399 g/mol. The summed E-state index contributed by atoms with van der Waals surface area (Å²) in [5.74, 6) is 1.64. The van der Waals surface area contributed by atoms with Crippen LogP contribution in [0.15, 0.2) is 6.20 Å². The number of hydrogen-bond donors (Lipinski definition) is 1. The van der Waals surface area contributed by atoms with Gasteiger partial charge in [-0.15, -0.1) is 0 Å². The van der Waals surface area contributed by atoms with Crippen molar-refractivity contribution in [3.05, 3.63) is 21.2 Å². The fourth-order valence-electron chi connectivity index (χ4n) is 2.07. The van der Waals surface area contributed by atoms with Crippen molar-refractivity contribution in [3.8, 4) is 11.4 Å². The maximum absolute atomic E-state index is 4.82. The van der Waals surface area contributed by atoms with Gasteiger partial charge >= 0.3 is 0 Å². The van der Waals surface area contributed by atoms with E-state index in [-0.39, 0.29) is 5.41 Å². The number of rotatable bonds is 3. The second kappa shape index (κ2) is 5.90. The summed E-state index contributed by atoms with van der Waals surface area (Å²) in [6, 6.07) is 0. The predicted molar refractivity (Wildman–Crippen MR) is 94.6 cm³/mol. The molecule has 0 saturated heterocycles. The number of halogens is 1. The molecule has 21 heavy (non-hydrogen) atoms. The van der Waals surface area contributed by atoms with Gasteiger partial charge in [-0.3, -0.25) is 4.68 Å². The van der Waals surface area contributed by atoms with Gasteiger partial charge < -0.3 is 5.32 Å². The Kier molecular flexibility index (Phi) is 4.55. The maximum Gasteiger partial charge on any atom is 0.165 e. The van der Waals surface area contributed by atoms with Crippen molar-refractivity contribution in [3.63, 3.8) is 0 Å². The van der Waals surface area contributed by atoms with Crippen LogP contribution in [0, 0.1) is 10.5 Å². The highest BCUT2D eigenvalue weighted by atomic mass is 127. The van der Waals surface area contributed by atoms with Crippen molar-refractivity contribution in [2.45, 2.75) is 40.0 Å². The molecule has 2 heterocycles. The molecule has 6 heteroatoms. The highest BCUT2D eigenvalue weighted by Gasteiger charge is 2.24. The summed E-state index contributed by atoms with van der Waals surface area (Å²) < 4.78 is 2.94. The van der Waals surface area contributed by atoms with Crippen LogP contribution in [0.4, 0.5) is 5.82 Å². The second-order valence-electron chi connectivity index (χ2n) is 6.11. The number of anilines is 1. The van der Waals surface area contributed by atoms with E-state index in [0.29, 0.717) is 0 Å². The fourth-order valence-corrected chi connectivity index (χ4v) is 3.31. The minimum atomic E-state index is -0.0332. The Morgan fingerprint density at radius 3 is 2.43 bits per heavy atom. The molecule has 0 aliphatic carbocycles. The summed E-state index contributed by atoms with van der Waals surface area (Å²) in [7, 11) is 1.93. The molecule has 114 valence electrons. The van der Waals surface area contributed by atoms with Gasteiger partial charge in [-0.2, -0.15) is 5.10 Å². The van der Waals surface area contributed by atoms with Gasteiger partial charge in [0.15, 0.2) is 5.82 Å². The summed E-state index contributed by atoms with van der Waals surface area (Å²) in [4.78, 5) is 9.52. The quantitative estimate of drug-likeness (QED) is 0.803. The fraction of sp³-hybridized carbons (Fsp3) is 0.533. The summed E-state index contributed by atoms with van der Waals surface area (Å²) in [6.45, 7) is 11.5. The third-order valence-corrected chi connectivity index (χ3v) is 4.40. The summed E-state index contributed by atoms with van der Waals surface area (Å²) in [5.41, 5.74) is 3.08. The van der Waals surface area contributed by atoms with Gasteiger partial charge in [-0.1, -0.05) is 20.8 Å². The molecule has 2 aromatic rings. The van der Waals surface area contributed by atoms with Gasteiger partial charge in [0.2, 0.25) is 0 Å². The largest absolute Gasteiger partial charge is 0.369 e. The lowest BCUT2D eigenvalue weighted by Crippen LogP contribution is -2.19. The molecule has 1 N–H and O–H groups in total. The normalized spacial score (nSPS) is 11.8. The van der Waals surface area contributed by atoms with Crippen LogP contribution in [0.3, 0.4) is 0 Å². The molecule has 0 aliphatic heterocycles. The average Bonchev–Trinajstić information content (AvgIpc) is 2.71. The van der Waals surface area contributed by atoms with Crippen LogP contribution in [-0.4, -0.2) is 26.3 Å². The van der Waals surface area contributed by atoms with Crippen LogP contribution >= 0.6 is 22.6 Å². The molecular formula is C15H22IN5. The molecule has 5 nitrogen and oxygen atoms in total. The smallest absolute Gasteiger partial charge is 0.165 e. The first-order valence-corrected chi connectivity index (χ1v) is 8.14. The van der Waals surface area contributed by atoms with Crippen LogP contribution in [-0.2, 0) is 12.5 Å². The molecule has 0 atom stereocenters. The Hall–Kier alpha value is -1.18. The number of aromatic nitrogens is 4. The molecule has 2 rings (SSSR count). The topological polar surface area (TPSA) is 55.6 Å². The van der Waals surface area contributed by atoms with Crippen LogP contribution in [0.2, 0.25) is 0 Å². The van der Waals surface area contributed by atoms with E-state index in [2.05, 4.69) is 60.7 Å². The van der Waals surface area contributed by atoms with Gasteiger partial charge in [0, 0.05) is 24.7 Å². The highest BCUT2D eigenvalue weighted by Crippen LogP contribution is 2.32. The molecule has 0 aromatic carbocycles. The molecule has 0 radical (unpaired) electrons. The van der Waals surface area contributed by atoms with Gasteiger partial charge in [0.25, 0.3) is 0 Å². The van der Waals surface area contributed by atoms with Crippen LogP contribution in [0.5, 0.6) is 0 Å². The SMILES string of the molecule is CCNc1nc(-c2cnn(C)c2C)nc(C(C)(C)C)c1I. The van der Waals surface area contributed by atoms with E-state index in [1.165, 1.54) is 0 Å². The first-order chi connectivity index (χ1) is 9.75. The number of aryl methyl sites for hydroxylation is 1. The zero-order valence-corrected chi connectivity index (χ0v) is 15.6. The molecule has 0 spiro atoms. The van der Waals surface area contributed by atoms with Crippen LogP contribution < -0.4 is 5.32 Å². The second-order valence-corrected chi connectivity index (χ2v) is 7.18. The van der Waals surface area contributed by atoms with Crippen LogP contribution in [0.25, 0.3) is 11.4 Å². The minimum Gasteiger partial charge on any atom is -0.369 e. The molecule has 2 aromatic heterocycles. The average molecular weight is 399 g/mol. The number of hydrogen-bond acceptors (Lipinski definition) is 4. The zero-order chi connectivity index (χ0) is 15.8. The minimum absolute atomic E-state index is 0.0332. The lowest BCUT2D eigenvalue weighted by molar-refractivity contribution is 0.564. The van der Waals surface area contributed by atoms with E-state index in [1.54, 1.807) is 0 Å².